The molecular formula is C23H22N2O2. The molecule has 136 valence electrons. The standard InChI is InChI=1S/C23H22N2O2/c1-16-10-6-8-14-19(16)22(26)24-21(18-12-4-3-5-13-18)25-23(27)20-15-9-7-11-17(20)2/h3-15,21H,1-2H3,(H,24,26)(H,25,27). The molecule has 27 heavy (non-hydrogen) atoms. The molecule has 4 heteroatoms. The molecular weight excluding hydrogens is 336 g/mol. The molecule has 0 radical (unpaired) electrons. The first-order valence-electron chi connectivity index (χ1n) is 8.84. The van der Waals surface area contributed by atoms with Crippen molar-refractivity contribution in [2.45, 2.75) is 20.0 Å². The fourth-order valence-corrected chi connectivity index (χ4v) is 2.92. The SMILES string of the molecule is Cc1ccccc1C(=O)NC(NC(=O)c1ccccc1C)c1ccccc1. The van der Waals surface area contributed by atoms with Gasteiger partial charge in [0.15, 0.2) is 0 Å². The normalized spacial score (nSPS) is 10.5. The number of hydrogen-bond donors (Lipinski definition) is 2. The summed E-state index contributed by atoms with van der Waals surface area (Å²) in [7, 11) is 0. The fraction of sp³-hybridized carbons (Fsp3) is 0.130. The third kappa shape index (κ3) is 4.42. The molecule has 3 aromatic rings. The van der Waals surface area contributed by atoms with Crippen LogP contribution in [-0.4, -0.2) is 11.8 Å². The van der Waals surface area contributed by atoms with Gasteiger partial charge in [0.2, 0.25) is 0 Å². The highest BCUT2D eigenvalue weighted by Gasteiger charge is 2.20. The number of hydrogen-bond acceptors (Lipinski definition) is 2. The predicted molar refractivity (Wildman–Crippen MR) is 106 cm³/mol. The zero-order chi connectivity index (χ0) is 19.2. The molecule has 0 aliphatic carbocycles. The molecule has 0 saturated carbocycles. The molecule has 0 saturated heterocycles. The Morgan fingerprint density at radius 1 is 0.630 bits per heavy atom. The van der Waals surface area contributed by atoms with Crippen LogP contribution >= 0.6 is 0 Å². The third-order valence-corrected chi connectivity index (χ3v) is 4.46. The maximum absolute atomic E-state index is 12.8. The van der Waals surface area contributed by atoms with E-state index >= 15 is 0 Å². The molecule has 0 heterocycles. The van der Waals surface area contributed by atoms with E-state index in [2.05, 4.69) is 10.6 Å². The van der Waals surface area contributed by atoms with Crippen molar-refractivity contribution in [1.82, 2.24) is 10.6 Å². The van der Waals surface area contributed by atoms with E-state index < -0.39 is 6.17 Å². The van der Waals surface area contributed by atoms with Crippen LogP contribution in [0.25, 0.3) is 0 Å². The van der Waals surface area contributed by atoms with E-state index in [9.17, 15) is 9.59 Å². The van der Waals surface area contributed by atoms with Crippen LogP contribution in [0, 0.1) is 13.8 Å². The van der Waals surface area contributed by atoms with Crippen LogP contribution in [0.2, 0.25) is 0 Å². The van der Waals surface area contributed by atoms with Gasteiger partial charge in [-0.1, -0.05) is 66.7 Å². The first-order chi connectivity index (χ1) is 13.1. The first-order valence-corrected chi connectivity index (χ1v) is 8.84. The lowest BCUT2D eigenvalue weighted by Crippen LogP contribution is -2.41. The first kappa shape index (κ1) is 18.4. The Bertz CT molecular complexity index is 892. The number of carbonyl (C=O) groups excluding carboxylic acids is 2. The minimum Gasteiger partial charge on any atom is -0.328 e. The van der Waals surface area contributed by atoms with Gasteiger partial charge in [0.05, 0.1) is 0 Å². The minimum absolute atomic E-state index is 0.230. The summed E-state index contributed by atoms with van der Waals surface area (Å²) in [5, 5.41) is 5.88. The smallest absolute Gasteiger partial charge is 0.253 e. The molecule has 0 spiro atoms. The zero-order valence-electron chi connectivity index (χ0n) is 15.4. The average molecular weight is 358 g/mol. The van der Waals surface area contributed by atoms with Gasteiger partial charge in [-0.05, 0) is 42.7 Å². The highest BCUT2D eigenvalue weighted by molar-refractivity contribution is 5.98. The Morgan fingerprint density at radius 3 is 1.48 bits per heavy atom. The van der Waals surface area contributed by atoms with Gasteiger partial charge in [-0.15, -0.1) is 0 Å². The van der Waals surface area contributed by atoms with E-state index in [1.165, 1.54) is 0 Å². The van der Waals surface area contributed by atoms with E-state index in [1.54, 1.807) is 12.1 Å². The Balaban J connectivity index is 1.86. The molecule has 0 bridgehead atoms. The Hall–Kier alpha value is -3.40. The summed E-state index contributed by atoms with van der Waals surface area (Å²) in [4.78, 5) is 25.5. The van der Waals surface area contributed by atoms with Crippen molar-refractivity contribution >= 4 is 11.8 Å². The average Bonchev–Trinajstić information content (AvgIpc) is 2.68. The van der Waals surface area contributed by atoms with Gasteiger partial charge in [0.1, 0.15) is 6.17 Å². The topological polar surface area (TPSA) is 58.2 Å². The number of aryl methyl sites for hydroxylation is 2. The van der Waals surface area contributed by atoms with Gasteiger partial charge in [-0.2, -0.15) is 0 Å². The fourth-order valence-electron chi connectivity index (χ4n) is 2.92. The monoisotopic (exact) mass is 358 g/mol. The van der Waals surface area contributed by atoms with Crippen molar-refractivity contribution in [1.29, 1.82) is 0 Å². The second-order valence-corrected chi connectivity index (χ2v) is 6.42. The Morgan fingerprint density at radius 2 is 1.04 bits per heavy atom. The summed E-state index contributed by atoms with van der Waals surface area (Å²) in [5.41, 5.74) is 3.74. The highest BCUT2D eigenvalue weighted by Crippen LogP contribution is 2.15. The minimum atomic E-state index is -0.634. The van der Waals surface area contributed by atoms with Crippen LogP contribution in [0.15, 0.2) is 78.9 Å². The molecule has 3 aromatic carbocycles. The van der Waals surface area contributed by atoms with Gasteiger partial charge in [0.25, 0.3) is 11.8 Å². The third-order valence-electron chi connectivity index (χ3n) is 4.46. The largest absolute Gasteiger partial charge is 0.328 e. The molecule has 0 atom stereocenters. The van der Waals surface area contributed by atoms with Crippen molar-refractivity contribution < 1.29 is 9.59 Å². The van der Waals surface area contributed by atoms with Crippen molar-refractivity contribution in [3.63, 3.8) is 0 Å². The maximum Gasteiger partial charge on any atom is 0.253 e. The molecule has 3 rings (SSSR count). The number of benzene rings is 3. The Labute approximate surface area is 159 Å². The van der Waals surface area contributed by atoms with Crippen LogP contribution in [0.5, 0.6) is 0 Å². The summed E-state index contributed by atoms with van der Waals surface area (Å²) in [6.45, 7) is 3.77. The molecule has 0 aliphatic heterocycles. The number of carbonyl (C=O) groups is 2. The molecule has 0 fully saturated rings. The van der Waals surface area contributed by atoms with Gasteiger partial charge < -0.3 is 10.6 Å². The molecule has 0 aromatic heterocycles. The molecule has 0 aliphatic rings. The van der Waals surface area contributed by atoms with Crippen molar-refractivity contribution in [2.24, 2.45) is 0 Å². The number of rotatable bonds is 5. The summed E-state index contributed by atoms with van der Waals surface area (Å²) in [6.07, 6.45) is -0.634. The lowest BCUT2D eigenvalue weighted by Gasteiger charge is -2.22. The lowest BCUT2D eigenvalue weighted by molar-refractivity contribution is 0.0883. The van der Waals surface area contributed by atoms with Gasteiger partial charge >= 0.3 is 0 Å². The van der Waals surface area contributed by atoms with E-state index in [0.717, 1.165) is 16.7 Å². The van der Waals surface area contributed by atoms with Gasteiger partial charge in [-0.3, -0.25) is 9.59 Å². The second-order valence-electron chi connectivity index (χ2n) is 6.42. The van der Waals surface area contributed by atoms with Crippen LogP contribution in [-0.2, 0) is 0 Å². The van der Waals surface area contributed by atoms with Crippen molar-refractivity contribution in [3.8, 4) is 0 Å². The van der Waals surface area contributed by atoms with E-state index in [-0.39, 0.29) is 11.8 Å². The van der Waals surface area contributed by atoms with E-state index in [0.29, 0.717) is 11.1 Å². The van der Waals surface area contributed by atoms with Crippen LogP contribution in [0.4, 0.5) is 0 Å². The predicted octanol–water partition coefficient (Wildman–Crippen LogP) is 4.16. The van der Waals surface area contributed by atoms with E-state index in [4.69, 9.17) is 0 Å². The van der Waals surface area contributed by atoms with Crippen molar-refractivity contribution in [2.75, 3.05) is 0 Å². The van der Waals surface area contributed by atoms with Crippen LogP contribution in [0.3, 0.4) is 0 Å². The van der Waals surface area contributed by atoms with Crippen LogP contribution < -0.4 is 10.6 Å². The Kier molecular flexibility index (Phi) is 5.67. The highest BCUT2D eigenvalue weighted by atomic mass is 16.2. The summed E-state index contributed by atoms with van der Waals surface area (Å²) >= 11 is 0. The summed E-state index contributed by atoms with van der Waals surface area (Å²) in [5.74, 6) is -0.459. The summed E-state index contributed by atoms with van der Waals surface area (Å²) in [6, 6.07) is 24.2. The van der Waals surface area contributed by atoms with Crippen molar-refractivity contribution in [3.05, 3.63) is 107 Å². The van der Waals surface area contributed by atoms with Gasteiger partial charge in [-0.25, -0.2) is 0 Å². The number of nitrogens with one attached hydrogen (secondary N) is 2. The molecule has 2 amide bonds. The zero-order valence-corrected chi connectivity index (χ0v) is 15.4. The van der Waals surface area contributed by atoms with E-state index in [1.807, 2.05) is 80.6 Å². The van der Waals surface area contributed by atoms with Crippen LogP contribution in [0.1, 0.15) is 43.6 Å². The lowest BCUT2D eigenvalue weighted by atomic mass is 10.1. The quantitative estimate of drug-likeness (QED) is 0.673. The molecule has 4 nitrogen and oxygen atoms in total. The number of amides is 2. The van der Waals surface area contributed by atoms with Gasteiger partial charge in [0, 0.05) is 11.1 Å². The molecule has 2 N–H and O–H groups in total. The maximum atomic E-state index is 12.8. The second kappa shape index (κ2) is 8.32. The molecule has 0 unspecified atom stereocenters. The summed E-state index contributed by atoms with van der Waals surface area (Å²) < 4.78 is 0.